The summed E-state index contributed by atoms with van der Waals surface area (Å²) in [4.78, 5) is 16.8. The third-order valence-corrected chi connectivity index (χ3v) is 8.85. The average Bonchev–Trinajstić information content (AvgIpc) is 3.44. The summed E-state index contributed by atoms with van der Waals surface area (Å²) in [6.07, 6.45) is 2.36. The Morgan fingerprint density at radius 1 is 1.20 bits per heavy atom. The number of sulfonamides is 1. The number of carbonyl (C=O) groups excluding carboxylic acids is 1. The highest BCUT2D eigenvalue weighted by atomic mass is 32.2. The van der Waals surface area contributed by atoms with Crippen LogP contribution >= 0.6 is 11.3 Å². The number of hydrogen-bond acceptors (Lipinski definition) is 5. The van der Waals surface area contributed by atoms with Crippen LogP contribution in [0, 0.1) is 6.92 Å². The van der Waals surface area contributed by atoms with Crippen molar-refractivity contribution in [2.75, 3.05) is 32.7 Å². The van der Waals surface area contributed by atoms with Crippen molar-refractivity contribution < 1.29 is 13.2 Å². The molecule has 1 aromatic heterocycles. The zero-order valence-corrected chi connectivity index (χ0v) is 19.6. The molecule has 2 aromatic rings. The summed E-state index contributed by atoms with van der Waals surface area (Å²) < 4.78 is 27.4. The van der Waals surface area contributed by atoms with Gasteiger partial charge in [-0.2, -0.15) is 4.31 Å². The van der Waals surface area contributed by atoms with E-state index in [1.165, 1.54) is 28.1 Å². The third kappa shape index (κ3) is 4.94. The number of likely N-dealkylation sites (tertiary alicyclic amines) is 1. The predicted molar refractivity (Wildman–Crippen MR) is 121 cm³/mol. The molecule has 8 heteroatoms. The highest BCUT2D eigenvalue weighted by Crippen LogP contribution is 2.28. The van der Waals surface area contributed by atoms with E-state index in [1.54, 1.807) is 30.4 Å². The van der Waals surface area contributed by atoms with Gasteiger partial charge in [-0.1, -0.05) is 26.0 Å². The van der Waals surface area contributed by atoms with Crippen molar-refractivity contribution in [2.24, 2.45) is 0 Å². The van der Waals surface area contributed by atoms with Crippen molar-refractivity contribution in [1.29, 1.82) is 0 Å². The van der Waals surface area contributed by atoms with E-state index >= 15 is 0 Å². The monoisotopic (exact) mass is 449 g/mol. The highest BCUT2D eigenvalue weighted by molar-refractivity contribution is 7.89. The molecule has 1 aliphatic rings. The lowest BCUT2D eigenvalue weighted by molar-refractivity contribution is 0.0938. The average molecular weight is 450 g/mol. The van der Waals surface area contributed by atoms with E-state index in [2.05, 4.69) is 21.7 Å². The summed E-state index contributed by atoms with van der Waals surface area (Å²) in [7, 11) is -3.62. The van der Waals surface area contributed by atoms with Gasteiger partial charge in [0.2, 0.25) is 10.0 Å². The van der Waals surface area contributed by atoms with Gasteiger partial charge in [0.05, 0.1) is 10.9 Å². The number of rotatable bonds is 9. The second kappa shape index (κ2) is 10.0. The van der Waals surface area contributed by atoms with Gasteiger partial charge >= 0.3 is 0 Å². The van der Waals surface area contributed by atoms with Crippen molar-refractivity contribution in [2.45, 2.75) is 44.6 Å². The van der Waals surface area contributed by atoms with Crippen molar-refractivity contribution in [3.8, 4) is 0 Å². The van der Waals surface area contributed by atoms with Crippen LogP contribution in [0.3, 0.4) is 0 Å². The molecular weight excluding hydrogens is 418 g/mol. The molecule has 0 spiro atoms. The molecule has 1 unspecified atom stereocenters. The number of nitrogens with zero attached hydrogens (tertiary/aromatic N) is 2. The summed E-state index contributed by atoms with van der Waals surface area (Å²) in [5, 5.41) is 5.10. The van der Waals surface area contributed by atoms with Gasteiger partial charge in [0.25, 0.3) is 5.91 Å². The van der Waals surface area contributed by atoms with Crippen LogP contribution in [0.2, 0.25) is 0 Å². The van der Waals surface area contributed by atoms with Gasteiger partial charge in [-0.3, -0.25) is 9.69 Å². The minimum Gasteiger partial charge on any atom is -0.350 e. The maximum absolute atomic E-state index is 13.0. The topological polar surface area (TPSA) is 69.7 Å². The summed E-state index contributed by atoms with van der Waals surface area (Å²) in [5.74, 6) is -0.244. The zero-order valence-electron chi connectivity index (χ0n) is 17.9. The second-order valence-electron chi connectivity index (χ2n) is 7.55. The first-order chi connectivity index (χ1) is 14.4. The molecular formula is C22H31N3O3S2. The molecule has 30 heavy (non-hydrogen) atoms. The predicted octanol–water partition coefficient (Wildman–Crippen LogP) is 3.65. The van der Waals surface area contributed by atoms with Gasteiger partial charge in [0.1, 0.15) is 0 Å². The Balaban J connectivity index is 1.78. The van der Waals surface area contributed by atoms with E-state index < -0.39 is 10.0 Å². The van der Waals surface area contributed by atoms with Crippen molar-refractivity contribution in [1.82, 2.24) is 14.5 Å². The number of thiophene rings is 1. The Hall–Kier alpha value is -1.74. The Morgan fingerprint density at radius 3 is 2.50 bits per heavy atom. The fourth-order valence-electron chi connectivity index (χ4n) is 3.96. The quantitative estimate of drug-likeness (QED) is 0.634. The van der Waals surface area contributed by atoms with Crippen LogP contribution < -0.4 is 5.32 Å². The molecule has 0 saturated carbocycles. The maximum atomic E-state index is 13.0. The Kier molecular flexibility index (Phi) is 7.68. The normalized spacial score (nSPS) is 16.1. The number of nitrogens with one attached hydrogen (secondary N) is 1. The Labute approximate surface area is 183 Å². The maximum Gasteiger partial charge on any atom is 0.251 e. The molecule has 1 aromatic carbocycles. The van der Waals surface area contributed by atoms with E-state index in [9.17, 15) is 13.2 Å². The first-order valence-corrected chi connectivity index (χ1v) is 12.9. The summed E-state index contributed by atoms with van der Waals surface area (Å²) in [6, 6.07) is 9.22. The van der Waals surface area contributed by atoms with Crippen LogP contribution in [0.4, 0.5) is 0 Å². The number of amides is 1. The minimum absolute atomic E-state index is 0.153. The van der Waals surface area contributed by atoms with Gasteiger partial charge in [-0.05, 0) is 62.0 Å². The third-order valence-electron chi connectivity index (χ3n) is 5.68. The van der Waals surface area contributed by atoms with Crippen LogP contribution in [-0.2, 0) is 10.0 Å². The van der Waals surface area contributed by atoms with E-state index in [-0.39, 0.29) is 16.8 Å². The van der Waals surface area contributed by atoms with Crippen LogP contribution in [0.5, 0.6) is 0 Å². The van der Waals surface area contributed by atoms with E-state index in [1.807, 2.05) is 19.9 Å². The molecule has 1 aliphatic heterocycles. The molecule has 1 amide bonds. The number of benzene rings is 1. The molecule has 0 bridgehead atoms. The smallest absolute Gasteiger partial charge is 0.251 e. The molecule has 1 saturated heterocycles. The van der Waals surface area contributed by atoms with Gasteiger partial charge in [0, 0.05) is 30.1 Å². The highest BCUT2D eigenvalue weighted by Gasteiger charge is 2.27. The minimum atomic E-state index is -3.62. The van der Waals surface area contributed by atoms with E-state index in [0.717, 1.165) is 13.1 Å². The van der Waals surface area contributed by atoms with Gasteiger partial charge in [-0.15, -0.1) is 11.3 Å². The second-order valence-corrected chi connectivity index (χ2v) is 10.4. The van der Waals surface area contributed by atoms with Crippen LogP contribution in [0.15, 0.2) is 40.6 Å². The summed E-state index contributed by atoms with van der Waals surface area (Å²) in [6.45, 7) is 8.76. The molecule has 6 nitrogen and oxygen atoms in total. The molecule has 3 rings (SSSR count). The fraction of sp³-hybridized carbons (Fsp3) is 0.500. The van der Waals surface area contributed by atoms with Gasteiger partial charge < -0.3 is 5.32 Å². The molecule has 0 radical (unpaired) electrons. The standard InChI is InChI=1S/C22H31N3O3S2/c1-4-25(5-2)30(27,28)21-15-18(11-10-17(21)3)22(26)23-16-19(20-9-8-14-29-20)24-12-6-7-13-24/h8-11,14-15,19H,4-7,12-13,16H2,1-3H3,(H,23,26). The summed E-state index contributed by atoms with van der Waals surface area (Å²) in [5.41, 5.74) is 1.02. The lowest BCUT2D eigenvalue weighted by Crippen LogP contribution is -2.36. The van der Waals surface area contributed by atoms with Gasteiger partial charge in [0.15, 0.2) is 0 Å². The molecule has 1 N–H and O–H groups in total. The van der Waals surface area contributed by atoms with Crippen LogP contribution in [-0.4, -0.2) is 56.3 Å². The van der Waals surface area contributed by atoms with E-state index in [4.69, 9.17) is 0 Å². The summed E-state index contributed by atoms with van der Waals surface area (Å²) >= 11 is 1.70. The Bertz CT molecular complexity index is 948. The molecule has 1 fully saturated rings. The molecule has 2 heterocycles. The number of carbonyl (C=O) groups is 1. The Morgan fingerprint density at radius 2 is 1.90 bits per heavy atom. The SMILES string of the molecule is CCN(CC)S(=O)(=O)c1cc(C(=O)NCC(c2cccs2)N2CCCC2)ccc1C. The molecule has 164 valence electrons. The lowest BCUT2D eigenvalue weighted by Gasteiger charge is -2.27. The molecule has 1 atom stereocenters. The van der Waals surface area contributed by atoms with Crippen molar-refractivity contribution in [3.63, 3.8) is 0 Å². The lowest BCUT2D eigenvalue weighted by atomic mass is 10.1. The van der Waals surface area contributed by atoms with E-state index in [0.29, 0.717) is 30.8 Å². The van der Waals surface area contributed by atoms with Crippen LogP contribution in [0.25, 0.3) is 0 Å². The fourth-order valence-corrected chi connectivity index (χ4v) is 6.53. The first kappa shape index (κ1) is 22.9. The zero-order chi connectivity index (χ0) is 21.7. The van der Waals surface area contributed by atoms with Crippen LogP contribution in [0.1, 0.15) is 53.5 Å². The van der Waals surface area contributed by atoms with Crippen molar-refractivity contribution in [3.05, 3.63) is 51.7 Å². The largest absolute Gasteiger partial charge is 0.350 e. The number of hydrogen-bond donors (Lipinski definition) is 1. The van der Waals surface area contributed by atoms with Crippen molar-refractivity contribution >= 4 is 27.3 Å². The number of aryl methyl sites for hydroxylation is 1. The molecule has 0 aliphatic carbocycles. The first-order valence-electron chi connectivity index (χ1n) is 10.5. The van der Waals surface area contributed by atoms with Gasteiger partial charge in [-0.25, -0.2) is 8.42 Å².